The van der Waals surface area contributed by atoms with Crippen LogP contribution < -0.4 is 21.9 Å². The summed E-state index contributed by atoms with van der Waals surface area (Å²) in [5.74, 6) is -0.148. The van der Waals surface area contributed by atoms with Crippen molar-refractivity contribution in [1.29, 1.82) is 0 Å². The lowest BCUT2D eigenvalue weighted by molar-refractivity contribution is 0.0979. The lowest BCUT2D eigenvalue weighted by atomic mass is 10.2. The Labute approximate surface area is 193 Å². The number of rotatable bonds is 8. The van der Waals surface area contributed by atoms with E-state index >= 15 is 0 Å². The molecule has 4 rings (SSSR count). The second-order valence-electron chi connectivity index (χ2n) is 7.37. The molecule has 170 valence electrons. The number of furan rings is 1. The number of amides is 1. The zero-order valence-corrected chi connectivity index (χ0v) is 18.8. The molecule has 0 aliphatic rings. The van der Waals surface area contributed by atoms with E-state index in [1.807, 2.05) is 37.3 Å². The predicted molar refractivity (Wildman–Crippen MR) is 127 cm³/mol. The van der Waals surface area contributed by atoms with Gasteiger partial charge in [0.2, 0.25) is 0 Å². The van der Waals surface area contributed by atoms with Crippen molar-refractivity contribution in [1.82, 2.24) is 14.5 Å². The van der Waals surface area contributed by atoms with Crippen LogP contribution in [0.3, 0.4) is 0 Å². The molecule has 4 aromatic rings. The third kappa shape index (κ3) is 4.65. The van der Waals surface area contributed by atoms with Gasteiger partial charge in [-0.05, 0) is 18.6 Å². The van der Waals surface area contributed by atoms with Gasteiger partial charge in [-0.25, -0.2) is 9.78 Å². The Balaban J connectivity index is 1.78. The van der Waals surface area contributed by atoms with Crippen LogP contribution in [0.5, 0.6) is 0 Å². The molecule has 33 heavy (non-hydrogen) atoms. The van der Waals surface area contributed by atoms with Crippen molar-refractivity contribution < 1.29 is 9.21 Å². The summed E-state index contributed by atoms with van der Waals surface area (Å²) < 4.78 is 6.69. The van der Waals surface area contributed by atoms with E-state index in [4.69, 9.17) is 10.2 Å². The van der Waals surface area contributed by atoms with Gasteiger partial charge in [0.05, 0.1) is 12.8 Å². The Morgan fingerprint density at radius 1 is 1.21 bits per heavy atom. The summed E-state index contributed by atoms with van der Waals surface area (Å²) in [5.41, 5.74) is 5.84. The van der Waals surface area contributed by atoms with Gasteiger partial charge in [0.15, 0.2) is 5.69 Å². The lowest BCUT2D eigenvalue weighted by Crippen LogP contribution is -2.41. The number of carbonyl (C=O) groups is 1. The number of nitrogens with one attached hydrogen (secondary N) is 1. The number of thiazole rings is 1. The second kappa shape index (κ2) is 9.70. The number of unbranched alkanes of at least 4 members (excludes halogenated alkanes) is 1. The maximum atomic E-state index is 13.6. The van der Waals surface area contributed by atoms with Crippen LogP contribution in [-0.4, -0.2) is 20.4 Å². The average Bonchev–Trinajstić information content (AvgIpc) is 3.51. The molecule has 0 saturated heterocycles. The molecule has 0 bridgehead atoms. The third-order valence-corrected chi connectivity index (χ3v) is 5.99. The van der Waals surface area contributed by atoms with Crippen molar-refractivity contribution in [3.8, 4) is 10.6 Å². The quantitative estimate of drug-likeness (QED) is 0.410. The molecule has 1 aromatic carbocycles. The summed E-state index contributed by atoms with van der Waals surface area (Å²) in [5, 5.41) is 2.31. The first-order valence-electron chi connectivity index (χ1n) is 10.5. The predicted octanol–water partition coefficient (Wildman–Crippen LogP) is 3.48. The molecule has 0 atom stereocenters. The van der Waals surface area contributed by atoms with Gasteiger partial charge in [-0.15, -0.1) is 11.3 Å². The van der Waals surface area contributed by atoms with Gasteiger partial charge in [0, 0.05) is 17.5 Å². The topological polar surface area (TPSA) is 127 Å². The van der Waals surface area contributed by atoms with E-state index in [1.165, 1.54) is 27.1 Å². The number of nitrogen functional groups attached to an aromatic ring is 1. The first-order chi connectivity index (χ1) is 16.0. The molecular formula is C23H23N5O4S. The van der Waals surface area contributed by atoms with E-state index in [0.29, 0.717) is 23.7 Å². The summed E-state index contributed by atoms with van der Waals surface area (Å²) >= 11 is 1.32. The van der Waals surface area contributed by atoms with Crippen LogP contribution in [0.1, 0.15) is 36.0 Å². The number of nitrogens with zero attached hydrogens (tertiary/aromatic N) is 3. The zero-order chi connectivity index (χ0) is 23.4. The van der Waals surface area contributed by atoms with Crippen LogP contribution in [-0.2, 0) is 13.1 Å². The minimum absolute atomic E-state index is 0.0523. The summed E-state index contributed by atoms with van der Waals surface area (Å²) in [6.07, 6.45) is 2.99. The minimum atomic E-state index is -0.747. The Hall–Kier alpha value is -3.92. The number of nitrogens with two attached hydrogens (primary N) is 1. The number of aromatic nitrogens is 3. The van der Waals surface area contributed by atoms with Gasteiger partial charge in [-0.3, -0.25) is 24.0 Å². The molecule has 1 amide bonds. The average molecular weight is 466 g/mol. The molecule has 10 heteroatoms. The highest BCUT2D eigenvalue weighted by Gasteiger charge is 2.28. The van der Waals surface area contributed by atoms with Crippen LogP contribution in [0.4, 0.5) is 11.5 Å². The summed E-state index contributed by atoms with van der Waals surface area (Å²) in [7, 11) is 0. The highest BCUT2D eigenvalue weighted by molar-refractivity contribution is 7.13. The maximum Gasteiger partial charge on any atom is 0.330 e. The molecule has 0 unspecified atom stereocenters. The van der Waals surface area contributed by atoms with E-state index < -0.39 is 17.2 Å². The van der Waals surface area contributed by atoms with Gasteiger partial charge >= 0.3 is 5.69 Å². The van der Waals surface area contributed by atoms with Crippen molar-refractivity contribution in [2.24, 2.45) is 0 Å². The van der Waals surface area contributed by atoms with Crippen molar-refractivity contribution >= 4 is 28.7 Å². The fourth-order valence-electron chi connectivity index (χ4n) is 3.41. The van der Waals surface area contributed by atoms with Gasteiger partial charge in [-0.1, -0.05) is 43.7 Å². The van der Waals surface area contributed by atoms with Crippen LogP contribution in [0.2, 0.25) is 0 Å². The lowest BCUT2D eigenvalue weighted by Gasteiger charge is -2.23. The minimum Gasteiger partial charge on any atom is -0.467 e. The highest BCUT2D eigenvalue weighted by Crippen LogP contribution is 2.27. The van der Waals surface area contributed by atoms with Crippen molar-refractivity contribution in [3.05, 3.63) is 86.4 Å². The molecule has 3 aromatic heterocycles. The van der Waals surface area contributed by atoms with E-state index in [9.17, 15) is 14.4 Å². The monoisotopic (exact) mass is 465 g/mol. The number of anilines is 2. The highest BCUT2D eigenvalue weighted by atomic mass is 32.1. The number of hydrogen-bond acceptors (Lipinski definition) is 7. The van der Waals surface area contributed by atoms with Crippen LogP contribution in [0.15, 0.2) is 68.1 Å². The van der Waals surface area contributed by atoms with Crippen LogP contribution in [0, 0.1) is 0 Å². The molecule has 0 radical (unpaired) electrons. The van der Waals surface area contributed by atoms with Crippen molar-refractivity contribution in [2.45, 2.75) is 32.9 Å². The molecular weight excluding hydrogens is 442 g/mol. The third-order valence-electron chi connectivity index (χ3n) is 5.10. The maximum absolute atomic E-state index is 13.6. The number of carbonyl (C=O) groups excluding carboxylic acids is 1. The fourth-order valence-corrected chi connectivity index (χ4v) is 4.21. The normalized spacial score (nSPS) is 10.9. The summed E-state index contributed by atoms with van der Waals surface area (Å²) in [6.45, 7) is 2.25. The van der Waals surface area contributed by atoms with Gasteiger partial charge in [0.25, 0.3) is 11.5 Å². The van der Waals surface area contributed by atoms with Crippen LogP contribution >= 0.6 is 11.3 Å². The number of hydrogen-bond donors (Lipinski definition) is 2. The molecule has 0 aliphatic carbocycles. The summed E-state index contributed by atoms with van der Waals surface area (Å²) in [4.78, 5) is 46.7. The Morgan fingerprint density at radius 2 is 2.00 bits per heavy atom. The molecule has 0 fully saturated rings. The Morgan fingerprint density at radius 3 is 2.70 bits per heavy atom. The van der Waals surface area contributed by atoms with Gasteiger partial charge in [0.1, 0.15) is 22.3 Å². The number of H-pyrrole nitrogens is 1. The Kier molecular flexibility index (Phi) is 6.55. The number of benzene rings is 1. The first kappa shape index (κ1) is 22.3. The van der Waals surface area contributed by atoms with E-state index in [2.05, 4.69) is 9.97 Å². The van der Waals surface area contributed by atoms with Gasteiger partial charge in [-0.2, -0.15) is 0 Å². The first-order valence-corrected chi connectivity index (χ1v) is 11.3. The molecule has 9 nitrogen and oxygen atoms in total. The fraction of sp³-hybridized carbons (Fsp3) is 0.217. The van der Waals surface area contributed by atoms with Crippen LogP contribution in [0.25, 0.3) is 10.6 Å². The second-order valence-corrected chi connectivity index (χ2v) is 8.23. The van der Waals surface area contributed by atoms with Crippen molar-refractivity contribution in [2.75, 3.05) is 10.6 Å². The largest absolute Gasteiger partial charge is 0.467 e. The van der Waals surface area contributed by atoms with E-state index in [1.54, 1.807) is 17.5 Å². The Bertz CT molecular complexity index is 1360. The molecule has 3 N–H and O–H groups in total. The SMILES string of the molecule is CCCCn1c(N)c(N(Cc2ccco2)C(=O)c2csc(-c3ccccc3)n2)c(=O)[nH]c1=O. The van der Waals surface area contributed by atoms with E-state index in [0.717, 1.165) is 12.0 Å². The molecule has 0 aliphatic heterocycles. The van der Waals surface area contributed by atoms with E-state index in [-0.39, 0.29) is 23.7 Å². The zero-order valence-electron chi connectivity index (χ0n) is 18.0. The standard InChI is InChI=1S/C23H23N5O4S/c1-2-3-11-27-19(24)18(20(29)26-23(27)31)28(13-16-10-7-12-32-16)22(30)17-14-33-21(25-17)15-8-5-4-6-9-15/h4-10,12,14H,2-3,11,13,24H2,1H3,(H,26,29,31). The summed E-state index contributed by atoms with van der Waals surface area (Å²) in [6, 6.07) is 12.9. The molecule has 0 spiro atoms. The molecule has 3 heterocycles. The van der Waals surface area contributed by atoms with Crippen molar-refractivity contribution in [3.63, 3.8) is 0 Å². The molecule has 0 saturated carbocycles. The van der Waals surface area contributed by atoms with Gasteiger partial charge < -0.3 is 10.2 Å². The number of aromatic amines is 1. The smallest absolute Gasteiger partial charge is 0.330 e.